The molecule has 3 aromatic rings. The highest BCUT2D eigenvalue weighted by Gasteiger charge is 2.28. The number of aryl methyl sites for hydroxylation is 1. The van der Waals surface area contributed by atoms with Gasteiger partial charge in [0.15, 0.2) is 0 Å². The predicted octanol–water partition coefficient (Wildman–Crippen LogP) is 3.34. The van der Waals surface area contributed by atoms with Gasteiger partial charge < -0.3 is 4.74 Å². The lowest BCUT2D eigenvalue weighted by Crippen LogP contribution is -2.23. The Kier molecular flexibility index (Phi) is 4.43. The molecule has 0 bridgehead atoms. The molecule has 25 heavy (non-hydrogen) atoms. The lowest BCUT2D eigenvalue weighted by molar-refractivity contribution is 0.242. The Morgan fingerprint density at radius 2 is 2.04 bits per heavy atom. The molecule has 0 N–H and O–H groups in total. The van der Waals surface area contributed by atoms with Crippen LogP contribution in [0.3, 0.4) is 0 Å². The summed E-state index contributed by atoms with van der Waals surface area (Å²) in [7, 11) is 1.95. The summed E-state index contributed by atoms with van der Waals surface area (Å²) in [5, 5.41) is 4.26. The number of ether oxygens (including phenoxy) is 1. The third kappa shape index (κ3) is 3.69. The number of likely N-dealkylation sites (tertiary alicyclic amines) is 1. The van der Waals surface area contributed by atoms with Crippen molar-refractivity contribution in [2.45, 2.75) is 25.4 Å². The molecule has 6 nitrogen and oxygen atoms in total. The van der Waals surface area contributed by atoms with E-state index in [-0.39, 0.29) is 6.04 Å². The molecule has 0 radical (unpaired) electrons. The van der Waals surface area contributed by atoms with Gasteiger partial charge in [-0.2, -0.15) is 5.10 Å². The fourth-order valence-electron chi connectivity index (χ4n) is 3.32. The van der Waals surface area contributed by atoms with E-state index in [1.165, 1.54) is 5.56 Å². The van der Waals surface area contributed by atoms with Crippen molar-refractivity contribution in [3.05, 3.63) is 66.4 Å². The molecule has 1 atom stereocenters. The largest absolute Gasteiger partial charge is 0.437 e. The van der Waals surface area contributed by atoms with Gasteiger partial charge in [0.2, 0.25) is 5.88 Å². The molecule has 1 fully saturated rings. The highest BCUT2D eigenvalue weighted by molar-refractivity contribution is 5.26. The number of aromatic nitrogens is 4. The zero-order chi connectivity index (χ0) is 17.1. The van der Waals surface area contributed by atoms with Crippen molar-refractivity contribution in [2.75, 3.05) is 6.54 Å². The molecule has 0 amide bonds. The minimum absolute atomic E-state index is 0.270. The van der Waals surface area contributed by atoms with Crippen LogP contribution < -0.4 is 4.74 Å². The molecular formula is C19H21N5O. The molecule has 4 rings (SSSR count). The average Bonchev–Trinajstić information content (AvgIpc) is 3.25. The van der Waals surface area contributed by atoms with Crippen LogP contribution >= 0.6 is 0 Å². The zero-order valence-corrected chi connectivity index (χ0v) is 14.2. The first-order valence-electron chi connectivity index (χ1n) is 8.54. The highest BCUT2D eigenvalue weighted by atomic mass is 16.5. The molecule has 1 aliphatic rings. The van der Waals surface area contributed by atoms with E-state index >= 15 is 0 Å². The summed E-state index contributed by atoms with van der Waals surface area (Å²) in [6, 6.07) is 9.95. The second-order valence-electron chi connectivity index (χ2n) is 6.35. The topological polar surface area (TPSA) is 56.1 Å². The smallest absolute Gasteiger partial charge is 0.238 e. The highest BCUT2D eigenvalue weighted by Crippen LogP contribution is 2.32. The maximum absolute atomic E-state index is 5.83. The van der Waals surface area contributed by atoms with Crippen LogP contribution in [0.2, 0.25) is 0 Å². The van der Waals surface area contributed by atoms with Crippen LogP contribution in [0.15, 0.2) is 55.1 Å². The number of rotatable bonds is 5. The van der Waals surface area contributed by atoms with Crippen molar-refractivity contribution < 1.29 is 4.74 Å². The number of benzene rings is 1. The fraction of sp³-hybridized carbons (Fsp3) is 0.316. The first kappa shape index (κ1) is 15.8. The van der Waals surface area contributed by atoms with Crippen molar-refractivity contribution in [1.82, 2.24) is 24.6 Å². The van der Waals surface area contributed by atoms with E-state index in [9.17, 15) is 0 Å². The minimum Gasteiger partial charge on any atom is -0.437 e. The van der Waals surface area contributed by atoms with Gasteiger partial charge in [0, 0.05) is 25.4 Å². The molecule has 0 spiro atoms. The molecule has 128 valence electrons. The summed E-state index contributed by atoms with van der Waals surface area (Å²) in [4.78, 5) is 11.5. The molecule has 0 saturated carbocycles. The Bertz CT molecular complexity index is 833. The molecule has 3 heterocycles. The van der Waals surface area contributed by atoms with Crippen LogP contribution in [-0.2, 0) is 13.6 Å². The molecule has 0 aliphatic carbocycles. The summed E-state index contributed by atoms with van der Waals surface area (Å²) < 4.78 is 7.67. The standard InChI is InChI=1S/C19H21N5O/c1-23-13-15(10-21-23)14-24-9-5-8-18(24)17-11-20-12-19(22-17)25-16-6-3-2-4-7-16/h2-4,6-7,10-13,18H,5,8-9,14H2,1H3. The van der Waals surface area contributed by atoms with Crippen molar-refractivity contribution in [3.8, 4) is 11.6 Å². The summed E-state index contributed by atoms with van der Waals surface area (Å²) in [5.74, 6) is 1.31. The molecular weight excluding hydrogens is 314 g/mol. The van der Waals surface area contributed by atoms with Gasteiger partial charge in [-0.15, -0.1) is 0 Å². The van der Waals surface area contributed by atoms with Gasteiger partial charge in [-0.3, -0.25) is 14.6 Å². The Morgan fingerprint density at radius 1 is 1.16 bits per heavy atom. The normalized spacial score (nSPS) is 17.7. The number of hydrogen-bond donors (Lipinski definition) is 0. The summed E-state index contributed by atoms with van der Waals surface area (Å²) in [6.07, 6.45) is 9.76. The Hall–Kier alpha value is -2.73. The van der Waals surface area contributed by atoms with Crippen molar-refractivity contribution in [1.29, 1.82) is 0 Å². The number of nitrogens with zero attached hydrogens (tertiary/aromatic N) is 5. The van der Waals surface area contributed by atoms with E-state index in [1.807, 2.05) is 54.5 Å². The van der Waals surface area contributed by atoms with Gasteiger partial charge >= 0.3 is 0 Å². The Balaban J connectivity index is 1.51. The second-order valence-corrected chi connectivity index (χ2v) is 6.35. The maximum Gasteiger partial charge on any atom is 0.238 e. The summed E-state index contributed by atoms with van der Waals surface area (Å²) >= 11 is 0. The third-order valence-corrected chi connectivity index (χ3v) is 4.45. The van der Waals surface area contributed by atoms with Gasteiger partial charge in [-0.05, 0) is 31.5 Å². The molecule has 1 saturated heterocycles. The van der Waals surface area contributed by atoms with Crippen molar-refractivity contribution in [2.24, 2.45) is 7.05 Å². The van der Waals surface area contributed by atoms with Gasteiger partial charge in [-0.25, -0.2) is 4.98 Å². The van der Waals surface area contributed by atoms with Gasteiger partial charge in [0.25, 0.3) is 0 Å². The molecule has 1 aliphatic heterocycles. The van der Waals surface area contributed by atoms with E-state index in [0.717, 1.165) is 37.4 Å². The van der Waals surface area contributed by atoms with E-state index < -0.39 is 0 Å². The second kappa shape index (κ2) is 7.03. The Morgan fingerprint density at radius 3 is 2.84 bits per heavy atom. The zero-order valence-electron chi connectivity index (χ0n) is 14.2. The molecule has 6 heteroatoms. The van der Waals surface area contributed by atoms with E-state index in [4.69, 9.17) is 9.72 Å². The van der Waals surface area contributed by atoms with Crippen LogP contribution in [0, 0.1) is 0 Å². The SMILES string of the molecule is Cn1cc(CN2CCCC2c2cncc(Oc3ccccc3)n2)cn1. The van der Waals surface area contributed by atoms with Crippen LogP contribution in [-0.4, -0.2) is 31.2 Å². The van der Waals surface area contributed by atoms with E-state index in [1.54, 1.807) is 6.20 Å². The summed E-state index contributed by atoms with van der Waals surface area (Å²) in [5.41, 5.74) is 2.19. The lowest BCUT2D eigenvalue weighted by atomic mass is 10.1. The number of para-hydroxylation sites is 1. The maximum atomic E-state index is 5.83. The summed E-state index contributed by atoms with van der Waals surface area (Å²) in [6.45, 7) is 1.94. The lowest BCUT2D eigenvalue weighted by Gasteiger charge is -2.23. The molecule has 1 unspecified atom stereocenters. The van der Waals surface area contributed by atoms with Crippen LogP contribution in [0.4, 0.5) is 0 Å². The van der Waals surface area contributed by atoms with Crippen LogP contribution in [0.5, 0.6) is 11.6 Å². The van der Waals surface area contributed by atoms with Crippen molar-refractivity contribution >= 4 is 0 Å². The minimum atomic E-state index is 0.270. The first-order chi connectivity index (χ1) is 12.3. The monoisotopic (exact) mass is 335 g/mol. The first-order valence-corrected chi connectivity index (χ1v) is 8.54. The van der Waals surface area contributed by atoms with Crippen LogP contribution in [0.1, 0.15) is 30.1 Å². The number of hydrogen-bond acceptors (Lipinski definition) is 5. The van der Waals surface area contributed by atoms with E-state index in [0.29, 0.717) is 5.88 Å². The van der Waals surface area contributed by atoms with Crippen molar-refractivity contribution in [3.63, 3.8) is 0 Å². The third-order valence-electron chi connectivity index (χ3n) is 4.45. The van der Waals surface area contributed by atoms with Crippen LogP contribution in [0.25, 0.3) is 0 Å². The molecule has 1 aromatic carbocycles. The predicted molar refractivity (Wildman–Crippen MR) is 94.1 cm³/mol. The Labute approximate surface area is 147 Å². The fourth-order valence-corrected chi connectivity index (χ4v) is 3.32. The van der Waals surface area contributed by atoms with E-state index in [2.05, 4.69) is 21.2 Å². The average molecular weight is 335 g/mol. The molecule has 2 aromatic heterocycles. The van der Waals surface area contributed by atoms with Gasteiger partial charge in [0.1, 0.15) is 5.75 Å². The van der Waals surface area contributed by atoms with Gasteiger partial charge in [-0.1, -0.05) is 18.2 Å². The van der Waals surface area contributed by atoms with Gasteiger partial charge in [0.05, 0.1) is 30.3 Å². The quantitative estimate of drug-likeness (QED) is 0.716.